The van der Waals surface area contributed by atoms with E-state index in [4.69, 9.17) is 0 Å². The monoisotopic (exact) mass is 217 g/mol. The lowest BCUT2D eigenvalue weighted by molar-refractivity contribution is -0.126. The van der Waals surface area contributed by atoms with E-state index < -0.39 is 0 Å². The predicted molar refractivity (Wildman–Crippen MR) is 61.0 cm³/mol. The molecule has 1 amide bonds. The van der Waals surface area contributed by atoms with Gasteiger partial charge in [-0.25, -0.2) is 0 Å². The Balaban J connectivity index is 1.82. The van der Waals surface area contributed by atoms with Crippen molar-refractivity contribution in [1.29, 1.82) is 0 Å². The Kier molecular flexibility index (Phi) is 3.34. The van der Waals surface area contributed by atoms with Gasteiger partial charge in [0.1, 0.15) is 0 Å². The number of benzene rings is 1. The molecule has 1 fully saturated rings. The smallest absolute Gasteiger partial charge is 0.207 e. The van der Waals surface area contributed by atoms with Gasteiger partial charge in [0, 0.05) is 5.92 Å². The third-order valence-electron chi connectivity index (χ3n) is 3.22. The van der Waals surface area contributed by atoms with Crippen LogP contribution in [0, 0.1) is 5.92 Å². The topological polar surface area (TPSA) is 46.2 Å². The molecule has 3 nitrogen and oxygen atoms in total. The van der Waals surface area contributed by atoms with Crippen molar-refractivity contribution in [3.05, 3.63) is 35.9 Å². The van der Waals surface area contributed by atoms with Crippen molar-refractivity contribution in [2.24, 2.45) is 5.92 Å². The second-order valence-corrected chi connectivity index (χ2v) is 4.24. The lowest BCUT2D eigenvalue weighted by Crippen LogP contribution is -2.35. The van der Waals surface area contributed by atoms with Gasteiger partial charge in [0.2, 0.25) is 6.41 Å². The zero-order chi connectivity index (χ0) is 11.4. The van der Waals surface area contributed by atoms with Crippen LogP contribution in [-0.2, 0) is 9.59 Å². The highest BCUT2D eigenvalue weighted by atomic mass is 16.1. The standard InChI is InChI=1S/C13H15NO2/c15-9-14-8-13(16)12-6-11(7-12)10-4-2-1-3-5-10/h1-5,9,11-12H,6-8H2,(H,14,15). The number of hydrogen-bond donors (Lipinski definition) is 1. The van der Waals surface area contributed by atoms with Gasteiger partial charge in [-0.15, -0.1) is 0 Å². The Bertz CT molecular complexity index is 369. The SMILES string of the molecule is O=CNCC(=O)C1CC(c2ccccc2)C1. The van der Waals surface area contributed by atoms with Crippen molar-refractivity contribution >= 4 is 12.2 Å². The molecule has 0 bridgehead atoms. The number of rotatable bonds is 5. The van der Waals surface area contributed by atoms with E-state index in [1.807, 2.05) is 18.2 Å². The maximum absolute atomic E-state index is 11.5. The molecule has 0 spiro atoms. The summed E-state index contributed by atoms with van der Waals surface area (Å²) in [6, 6.07) is 10.3. The van der Waals surface area contributed by atoms with E-state index >= 15 is 0 Å². The van der Waals surface area contributed by atoms with Gasteiger partial charge in [-0.1, -0.05) is 30.3 Å². The number of Topliss-reactive ketones (excluding diaryl/α,β-unsaturated/α-hetero) is 1. The van der Waals surface area contributed by atoms with Gasteiger partial charge >= 0.3 is 0 Å². The summed E-state index contributed by atoms with van der Waals surface area (Å²) >= 11 is 0. The average molecular weight is 217 g/mol. The fourth-order valence-corrected chi connectivity index (χ4v) is 2.16. The minimum atomic E-state index is 0.137. The van der Waals surface area contributed by atoms with Crippen LogP contribution in [0.5, 0.6) is 0 Å². The van der Waals surface area contributed by atoms with E-state index in [2.05, 4.69) is 17.4 Å². The molecule has 0 atom stereocenters. The molecule has 1 N–H and O–H groups in total. The molecule has 3 heteroatoms. The molecule has 0 heterocycles. The van der Waals surface area contributed by atoms with E-state index in [1.54, 1.807) is 0 Å². The Hall–Kier alpha value is -1.64. The normalized spacial score (nSPS) is 23.2. The molecule has 16 heavy (non-hydrogen) atoms. The number of ketones is 1. The maximum atomic E-state index is 11.5. The molecule has 2 rings (SSSR count). The maximum Gasteiger partial charge on any atom is 0.207 e. The summed E-state index contributed by atoms with van der Waals surface area (Å²) < 4.78 is 0. The minimum absolute atomic E-state index is 0.137. The first-order valence-corrected chi connectivity index (χ1v) is 5.56. The number of nitrogens with one attached hydrogen (secondary N) is 1. The molecule has 0 radical (unpaired) electrons. The molecule has 0 saturated heterocycles. The fraction of sp³-hybridized carbons (Fsp3) is 0.385. The number of amides is 1. The second-order valence-electron chi connectivity index (χ2n) is 4.24. The van der Waals surface area contributed by atoms with Gasteiger partial charge in [-0.3, -0.25) is 9.59 Å². The van der Waals surface area contributed by atoms with Crippen molar-refractivity contribution in [3.8, 4) is 0 Å². The number of carbonyl (C=O) groups is 2. The van der Waals surface area contributed by atoms with Crippen LogP contribution in [0.15, 0.2) is 30.3 Å². The summed E-state index contributed by atoms with van der Waals surface area (Å²) in [5, 5.41) is 2.42. The molecule has 1 aliphatic rings. The first-order valence-electron chi connectivity index (χ1n) is 5.56. The zero-order valence-electron chi connectivity index (χ0n) is 9.06. The van der Waals surface area contributed by atoms with E-state index in [0.29, 0.717) is 12.3 Å². The molecule has 0 unspecified atom stereocenters. The molecule has 84 valence electrons. The van der Waals surface area contributed by atoms with Gasteiger partial charge < -0.3 is 5.32 Å². The highest BCUT2D eigenvalue weighted by Crippen LogP contribution is 2.41. The molecule has 0 aromatic heterocycles. The van der Waals surface area contributed by atoms with Crippen LogP contribution in [0.25, 0.3) is 0 Å². The third-order valence-corrected chi connectivity index (χ3v) is 3.22. The Morgan fingerprint density at radius 2 is 2.00 bits per heavy atom. The summed E-state index contributed by atoms with van der Waals surface area (Å²) in [5.41, 5.74) is 1.31. The van der Waals surface area contributed by atoms with Gasteiger partial charge in [-0.2, -0.15) is 0 Å². The molecular formula is C13H15NO2. The van der Waals surface area contributed by atoms with Crippen LogP contribution in [0.3, 0.4) is 0 Å². The molecule has 0 aliphatic heterocycles. The van der Waals surface area contributed by atoms with Crippen LogP contribution >= 0.6 is 0 Å². The molecule has 1 saturated carbocycles. The molecular weight excluding hydrogens is 202 g/mol. The summed E-state index contributed by atoms with van der Waals surface area (Å²) in [5.74, 6) is 0.809. The second kappa shape index (κ2) is 4.92. The van der Waals surface area contributed by atoms with Crippen molar-refractivity contribution in [2.75, 3.05) is 6.54 Å². The Morgan fingerprint density at radius 1 is 1.31 bits per heavy atom. The van der Waals surface area contributed by atoms with Gasteiger partial charge in [0.25, 0.3) is 0 Å². The average Bonchev–Trinajstić information content (AvgIpc) is 2.26. The van der Waals surface area contributed by atoms with Crippen LogP contribution in [0.1, 0.15) is 24.3 Å². The van der Waals surface area contributed by atoms with E-state index in [0.717, 1.165) is 12.8 Å². The van der Waals surface area contributed by atoms with E-state index in [1.165, 1.54) is 5.56 Å². The quantitative estimate of drug-likeness (QED) is 0.760. The minimum Gasteiger partial charge on any atom is -0.352 e. The Labute approximate surface area is 94.9 Å². The van der Waals surface area contributed by atoms with E-state index in [-0.39, 0.29) is 18.2 Å². The predicted octanol–water partition coefficient (Wildman–Crippen LogP) is 1.50. The lowest BCUT2D eigenvalue weighted by Gasteiger charge is -2.34. The highest BCUT2D eigenvalue weighted by molar-refractivity contribution is 5.85. The molecule has 1 aliphatic carbocycles. The first-order chi connectivity index (χ1) is 7.81. The molecule has 1 aromatic rings. The summed E-state index contributed by atoms with van der Waals surface area (Å²) in [4.78, 5) is 21.6. The number of carbonyl (C=O) groups excluding carboxylic acids is 2. The largest absolute Gasteiger partial charge is 0.352 e. The van der Waals surface area contributed by atoms with Gasteiger partial charge in [-0.05, 0) is 24.3 Å². The van der Waals surface area contributed by atoms with Crippen LogP contribution in [-0.4, -0.2) is 18.7 Å². The molecule has 1 aromatic carbocycles. The van der Waals surface area contributed by atoms with Gasteiger partial charge in [0.05, 0.1) is 6.54 Å². The zero-order valence-corrected chi connectivity index (χ0v) is 9.06. The van der Waals surface area contributed by atoms with Crippen LogP contribution < -0.4 is 5.32 Å². The van der Waals surface area contributed by atoms with Crippen molar-refractivity contribution in [2.45, 2.75) is 18.8 Å². The Morgan fingerprint density at radius 3 is 2.62 bits per heavy atom. The van der Waals surface area contributed by atoms with Crippen molar-refractivity contribution in [3.63, 3.8) is 0 Å². The van der Waals surface area contributed by atoms with Crippen LogP contribution in [0.2, 0.25) is 0 Å². The van der Waals surface area contributed by atoms with Crippen molar-refractivity contribution < 1.29 is 9.59 Å². The third kappa shape index (κ3) is 2.30. The lowest BCUT2D eigenvalue weighted by atomic mass is 9.69. The summed E-state index contributed by atoms with van der Waals surface area (Å²) in [6.07, 6.45) is 2.41. The highest BCUT2D eigenvalue weighted by Gasteiger charge is 2.34. The number of hydrogen-bond acceptors (Lipinski definition) is 2. The fourth-order valence-electron chi connectivity index (χ4n) is 2.16. The van der Waals surface area contributed by atoms with Crippen molar-refractivity contribution in [1.82, 2.24) is 5.32 Å². The van der Waals surface area contributed by atoms with E-state index in [9.17, 15) is 9.59 Å². The summed E-state index contributed by atoms with van der Waals surface area (Å²) in [7, 11) is 0. The van der Waals surface area contributed by atoms with Crippen LogP contribution in [0.4, 0.5) is 0 Å². The first kappa shape index (κ1) is 10.9. The summed E-state index contributed by atoms with van der Waals surface area (Å²) in [6.45, 7) is 0.176. The van der Waals surface area contributed by atoms with Gasteiger partial charge in [0.15, 0.2) is 5.78 Å².